The molecule has 7 heteroatoms. The number of pyridine rings is 1. The number of likely N-dealkylation sites (tertiary alicyclic amines) is 1. The molecule has 180 valence electrons. The Hall–Kier alpha value is -3.81. The molecule has 2 aliphatic rings. The van der Waals surface area contributed by atoms with Gasteiger partial charge in [0.05, 0.1) is 11.2 Å². The average molecular weight is 477 g/mol. The Morgan fingerprint density at radius 3 is 2.50 bits per heavy atom. The van der Waals surface area contributed by atoms with Crippen LogP contribution in [-0.2, 0) is 0 Å². The number of hydrogen-bond acceptors (Lipinski definition) is 6. The van der Waals surface area contributed by atoms with E-state index in [1.807, 2.05) is 24.4 Å². The lowest BCUT2D eigenvalue weighted by Gasteiger charge is -2.48. The van der Waals surface area contributed by atoms with E-state index in [9.17, 15) is 5.11 Å². The van der Waals surface area contributed by atoms with E-state index in [4.69, 9.17) is 15.7 Å². The zero-order chi connectivity index (χ0) is 24.3. The van der Waals surface area contributed by atoms with Gasteiger partial charge in [0.25, 0.3) is 0 Å². The Morgan fingerprint density at radius 2 is 1.69 bits per heavy atom. The molecule has 4 heterocycles. The fourth-order valence-electron chi connectivity index (χ4n) is 5.91. The summed E-state index contributed by atoms with van der Waals surface area (Å²) < 4.78 is 2.06. The van der Waals surface area contributed by atoms with Crippen LogP contribution in [0.15, 0.2) is 73.1 Å². The van der Waals surface area contributed by atoms with E-state index in [0.717, 1.165) is 70.7 Å². The highest BCUT2D eigenvalue weighted by Crippen LogP contribution is 2.48. The number of hydrogen-bond donors (Lipinski definition) is 2. The van der Waals surface area contributed by atoms with E-state index in [1.165, 1.54) is 0 Å². The van der Waals surface area contributed by atoms with Gasteiger partial charge in [-0.2, -0.15) is 0 Å². The SMILES string of the molecule is Nc1nccn2c1c(-c1ccc3ccc(-c4ccccc4)nc3c1)nc2[C@H]1C[C@@](O)(N2CCCC2)C1. The summed E-state index contributed by atoms with van der Waals surface area (Å²) in [6.45, 7) is 1.95. The van der Waals surface area contributed by atoms with Crippen LogP contribution in [0.25, 0.3) is 38.9 Å². The summed E-state index contributed by atoms with van der Waals surface area (Å²) in [5.41, 5.74) is 11.2. The molecule has 1 saturated carbocycles. The Labute approximate surface area is 209 Å². The van der Waals surface area contributed by atoms with Gasteiger partial charge in [0.1, 0.15) is 28.6 Å². The summed E-state index contributed by atoms with van der Waals surface area (Å²) in [5, 5.41) is 12.2. The first-order valence-electron chi connectivity index (χ1n) is 12.7. The van der Waals surface area contributed by atoms with Gasteiger partial charge >= 0.3 is 0 Å². The first-order valence-corrected chi connectivity index (χ1v) is 12.7. The van der Waals surface area contributed by atoms with Crippen LogP contribution in [0, 0.1) is 0 Å². The van der Waals surface area contributed by atoms with Crippen LogP contribution in [0.5, 0.6) is 0 Å². The highest BCUT2D eigenvalue weighted by atomic mass is 16.3. The highest BCUT2D eigenvalue weighted by molar-refractivity contribution is 5.91. The van der Waals surface area contributed by atoms with Gasteiger partial charge in [-0.1, -0.05) is 48.5 Å². The normalized spacial score (nSPS) is 22.3. The molecule has 3 aromatic heterocycles. The molecule has 0 bridgehead atoms. The summed E-state index contributed by atoms with van der Waals surface area (Å²) in [6.07, 6.45) is 7.34. The first-order chi connectivity index (χ1) is 17.6. The minimum absolute atomic E-state index is 0.168. The third-order valence-corrected chi connectivity index (χ3v) is 7.85. The van der Waals surface area contributed by atoms with Crippen molar-refractivity contribution in [2.75, 3.05) is 18.8 Å². The molecular weight excluding hydrogens is 448 g/mol. The lowest BCUT2D eigenvalue weighted by molar-refractivity contribution is -0.164. The Kier molecular flexibility index (Phi) is 4.84. The van der Waals surface area contributed by atoms with E-state index in [-0.39, 0.29) is 5.92 Å². The van der Waals surface area contributed by atoms with Crippen LogP contribution < -0.4 is 5.73 Å². The summed E-state index contributed by atoms with van der Waals surface area (Å²) in [7, 11) is 0. The molecule has 0 radical (unpaired) electrons. The molecule has 2 aromatic carbocycles. The van der Waals surface area contributed by atoms with E-state index in [1.54, 1.807) is 6.20 Å². The van der Waals surface area contributed by atoms with Crippen molar-refractivity contribution in [3.63, 3.8) is 0 Å². The molecule has 0 spiro atoms. The van der Waals surface area contributed by atoms with Gasteiger partial charge in [-0.15, -0.1) is 0 Å². The number of nitrogen functional groups attached to an aromatic ring is 1. The number of benzene rings is 2. The molecule has 0 atom stereocenters. The lowest BCUT2D eigenvalue weighted by atomic mass is 9.75. The molecule has 1 aliphatic carbocycles. The number of rotatable bonds is 4. The number of imidazole rings is 1. The Morgan fingerprint density at radius 1 is 0.917 bits per heavy atom. The zero-order valence-corrected chi connectivity index (χ0v) is 20.0. The predicted molar refractivity (Wildman–Crippen MR) is 141 cm³/mol. The van der Waals surface area contributed by atoms with E-state index >= 15 is 0 Å². The highest BCUT2D eigenvalue weighted by Gasteiger charge is 2.49. The number of fused-ring (bicyclic) bond motifs is 2. The van der Waals surface area contributed by atoms with E-state index in [2.05, 4.69) is 56.7 Å². The Bertz CT molecular complexity index is 1580. The van der Waals surface area contributed by atoms with Crippen molar-refractivity contribution >= 4 is 22.2 Å². The topological polar surface area (TPSA) is 92.6 Å². The van der Waals surface area contributed by atoms with Crippen molar-refractivity contribution < 1.29 is 5.11 Å². The lowest BCUT2D eigenvalue weighted by Crippen LogP contribution is -2.55. The number of anilines is 1. The van der Waals surface area contributed by atoms with Gasteiger partial charge in [-0.05, 0) is 37.8 Å². The second-order valence-corrected chi connectivity index (χ2v) is 10.1. The second kappa shape index (κ2) is 8.11. The van der Waals surface area contributed by atoms with E-state index < -0.39 is 5.72 Å². The third kappa shape index (κ3) is 3.38. The van der Waals surface area contributed by atoms with Gasteiger partial charge in [-0.25, -0.2) is 15.0 Å². The van der Waals surface area contributed by atoms with Crippen LogP contribution in [0.1, 0.15) is 37.4 Å². The molecular formula is C29H28N6O. The van der Waals surface area contributed by atoms with Crippen molar-refractivity contribution in [1.29, 1.82) is 0 Å². The summed E-state index contributed by atoms with van der Waals surface area (Å²) in [5.74, 6) is 1.55. The molecule has 5 aromatic rings. The minimum Gasteiger partial charge on any atom is -0.382 e. The van der Waals surface area contributed by atoms with Crippen LogP contribution >= 0.6 is 0 Å². The number of aliphatic hydroxyl groups is 1. The summed E-state index contributed by atoms with van der Waals surface area (Å²) >= 11 is 0. The molecule has 1 saturated heterocycles. The summed E-state index contributed by atoms with van der Waals surface area (Å²) in [6, 6.07) is 20.6. The largest absolute Gasteiger partial charge is 0.382 e. The molecule has 3 N–H and O–H groups in total. The second-order valence-electron chi connectivity index (χ2n) is 10.1. The molecule has 7 rings (SSSR count). The number of nitrogens with zero attached hydrogens (tertiary/aromatic N) is 5. The third-order valence-electron chi connectivity index (χ3n) is 7.85. The summed E-state index contributed by atoms with van der Waals surface area (Å²) in [4.78, 5) is 16.6. The van der Waals surface area contributed by atoms with Crippen molar-refractivity contribution in [3.8, 4) is 22.5 Å². The fourth-order valence-corrected chi connectivity index (χ4v) is 5.91. The fraction of sp³-hybridized carbons (Fsp3) is 0.276. The minimum atomic E-state index is -0.716. The number of nitrogens with two attached hydrogens (primary N) is 1. The van der Waals surface area contributed by atoms with Crippen LogP contribution in [-0.4, -0.2) is 48.2 Å². The Balaban J connectivity index is 1.30. The monoisotopic (exact) mass is 476 g/mol. The molecule has 0 unspecified atom stereocenters. The van der Waals surface area contributed by atoms with Gasteiger partial charge in [-0.3, -0.25) is 9.30 Å². The zero-order valence-electron chi connectivity index (χ0n) is 20.0. The smallest absolute Gasteiger partial charge is 0.150 e. The average Bonchev–Trinajstić information content (AvgIpc) is 3.56. The van der Waals surface area contributed by atoms with Crippen LogP contribution in [0.2, 0.25) is 0 Å². The predicted octanol–water partition coefficient (Wildman–Crippen LogP) is 4.86. The van der Waals surface area contributed by atoms with Crippen molar-refractivity contribution in [2.24, 2.45) is 0 Å². The molecule has 2 fully saturated rings. The first kappa shape index (κ1) is 21.5. The van der Waals surface area contributed by atoms with Crippen molar-refractivity contribution in [2.45, 2.75) is 37.3 Å². The van der Waals surface area contributed by atoms with Crippen LogP contribution in [0.3, 0.4) is 0 Å². The van der Waals surface area contributed by atoms with Crippen LogP contribution in [0.4, 0.5) is 5.82 Å². The quantitative estimate of drug-likeness (QED) is 0.385. The maximum atomic E-state index is 11.2. The molecule has 7 nitrogen and oxygen atoms in total. The number of aromatic nitrogens is 4. The molecule has 1 aliphatic heterocycles. The van der Waals surface area contributed by atoms with Gasteiger partial charge < -0.3 is 10.8 Å². The van der Waals surface area contributed by atoms with Gasteiger partial charge in [0, 0.05) is 47.9 Å². The maximum Gasteiger partial charge on any atom is 0.150 e. The van der Waals surface area contributed by atoms with Gasteiger partial charge in [0.15, 0.2) is 0 Å². The van der Waals surface area contributed by atoms with Crippen molar-refractivity contribution in [3.05, 3.63) is 78.9 Å². The maximum absolute atomic E-state index is 11.2. The molecule has 36 heavy (non-hydrogen) atoms. The molecule has 0 amide bonds. The van der Waals surface area contributed by atoms with Gasteiger partial charge in [0.2, 0.25) is 0 Å². The van der Waals surface area contributed by atoms with E-state index in [0.29, 0.717) is 18.7 Å². The standard InChI is InChI=1S/C29H28N6O/c30-27-26-25(21-9-8-20-10-11-23(32-24(20)16-21)19-6-2-1-3-7-19)33-28(35(26)15-12-31-27)22-17-29(36,18-22)34-13-4-5-14-34/h1-3,6-12,15-16,22,36H,4-5,13-14,17-18H2,(H2,30,31)/t22-,29-. The van der Waals surface area contributed by atoms with Crippen molar-refractivity contribution in [1.82, 2.24) is 24.3 Å².